The molecule has 2 atom stereocenters. The Morgan fingerprint density at radius 3 is 2.42 bits per heavy atom. The Kier molecular flexibility index (Phi) is 7.65. The molecule has 3 rings (SSSR count). The highest BCUT2D eigenvalue weighted by molar-refractivity contribution is 5.95. The summed E-state index contributed by atoms with van der Waals surface area (Å²) in [4.78, 5) is 28.3. The molecule has 3 N–H and O–H groups in total. The molecule has 2 aromatic rings. The molecule has 0 radical (unpaired) electrons. The minimum atomic E-state index is -0.372. The van der Waals surface area contributed by atoms with Crippen LogP contribution in [0.25, 0.3) is 0 Å². The molecule has 0 bridgehead atoms. The molecule has 1 heterocycles. The van der Waals surface area contributed by atoms with E-state index in [0.29, 0.717) is 0 Å². The van der Waals surface area contributed by atoms with Crippen LogP contribution in [0.3, 0.4) is 0 Å². The largest absolute Gasteiger partial charge is 0.378 e. The number of carbonyl (C=O) groups is 2. The van der Waals surface area contributed by atoms with Gasteiger partial charge in [0.05, 0.1) is 20.3 Å². The number of nitrogens with one attached hydrogen (secondary N) is 3. The van der Waals surface area contributed by atoms with E-state index in [9.17, 15) is 9.59 Å². The van der Waals surface area contributed by atoms with E-state index in [-0.39, 0.29) is 24.4 Å². The zero-order chi connectivity index (χ0) is 22.4. The van der Waals surface area contributed by atoms with E-state index in [0.717, 1.165) is 59.4 Å². The number of carbonyl (C=O) groups excluding carboxylic acids is 2. The van der Waals surface area contributed by atoms with Crippen LogP contribution in [0.1, 0.15) is 18.1 Å². The average molecular weight is 426 g/mol. The molecule has 2 amide bonds. The van der Waals surface area contributed by atoms with Crippen molar-refractivity contribution in [2.24, 2.45) is 0 Å². The Hall–Kier alpha value is -2.90. The molecule has 7 nitrogen and oxygen atoms in total. The summed E-state index contributed by atoms with van der Waals surface area (Å²) < 4.78 is 5.39. The van der Waals surface area contributed by atoms with Gasteiger partial charge in [0.1, 0.15) is 0 Å². The zero-order valence-electron chi connectivity index (χ0n) is 18.8. The van der Waals surface area contributed by atoms with Gasteiger partial charge in [-0.05, 0) is 62.2 Å². The summed E-state index contributed by atoms with van der Waals surface area (Å²) in [5, 5.41) is 5.92. The van der Waals surface area contributed by atoms with Crippen LogP contribution < -0.4 is 20.4 Å². The van der Waals surface area contributed by atoms with Gasteiger partial charge in [0.2, 0.25) is 0 Å². The summed E-state index contributed by atoms with van der Waals surface area (Å²) in [5.74, 6) is -0.225. The lowest BCUT2D eigenvalue weighted by atomic mass is 10.1. The van der Waals surface area contributed by atoms with Gasteiger partial charge in [0, 0.05) is 30.2 Å². The summed E-state index contributed by atoms with van der Waals surface area (Å²) in [7, 11) is 1.86. The third-order valence-electron chi connectivity index (χ3n) is 5.96. The van der Waals surface area contributed by atoms with E-state index in [2.05, 4.69) is 15.5 Å². The van der Waals surface area contributed by atoms with Crippen LogP contribution in [0.2, 0.25) is 0 Å². The Labute approximate surface area is 184 Å². The summed E-state index contributed by atoms with van der Waals surface area (Å²) in [6.45, 7) is 9.27. The van der Waals surface area contributed by atoms with Crippen LogP contribution in [0.5, 0.6) is 0 Å². The molecular weight excluding hydrogens is 392 g/mol. The Morgan fingerprint density at radius 1 is 1.06 bits per heavy atom. The minimum Gasteiger partial charge on any atom is -0.378 e. The lowest BCUT2D eigenvalue weighted by Crippen LogP contribution is -3.14. The van der Waals surface area contributed by atoms with Crippen molar-refractivity contribution in [1.29, 1.82) is 0 Å². The number of anilines is 3. The van der Waals surface area contributed by atoms with E-state index in [1.54, 1.807) is 0 Å². The quantitative estimate of drug-likeness (QED) is 0.630. The fraction of sp³-hybridized carbons (Fsp3) is 0.417. The zero-order valence-corrected chi connectivity index (χ0v) is 18.8. The van der Waals surface area contributed by atoms with Crippen molar-refractivity contribution in [3.05, 3.63) is 53.6 Å². The maximum atomic E-state index is 12.7. The van der Waals surface area contributed by atoms with E-state index in [1.165, 1.54) is 0 Å². The molecule has 1 aliphatic rings. The van der Waals surface area contributed by atoms with Crippen LogP contribution in [-0.2, 0) is 14.3 Å². The third kappa shape index (κ3) is 6.06. The van der Waals surface area contributed by atoms with Crippen LogP contribution in [-0.4, -0.2) is 57.8 Å². The van der Waals surface area contributed by atoms with Crippen LogP contribution in [0.4, 0.5) is 17.1 Å². The van der Waals surface area contributed by atoms with Gasteiger partial charge in [-0.25, -0.2) is 0 Å². The molecule has 0 saturated carbocycles. The lowest BCUT2D eigenvalue weighted by molar-refractivity contribution is -0.885. The minimum absolute atomic E-state index is 0.110. The van der Waals surface area contributed by atoms with Crippen LogP contribution in [0.15, 0.2) is 42.5 Å². The molecule has 2 aromatic carbocycles. The van der Waals surface area contributed by atoms with Crippen molar-refractivity contribution in [3.63, 3.8) is 0 Å². The summed E-state index contributed by atoms with van der Waals surface area (Å²) in [6.07, 6.45) is 0. The summed E-state index contributed by atoms with van der Waals surface area (Å²) in [5.41, 5.74) is 4.88. The van der Waals surface area contributed by atoms with Crippen molar-refractivity contribution in [3.8, 4) is 0 Å². The van der Waals surface area contributed by atoms with Gasteiger partial charge in [-0.3, -0.25) is 9.59 Å². The second-order valence-electron chi connectivity index (χ2n) is 8.18. The van der Waals surface area contributed by atoms with Crippen molar-refractivity contribution in [2.45, 2.75) is 26.8 Å². The normalized spacial score (nSPS) is 15.8. The monoisotopic (exact) mass is 425 g/mol. The number of rotatable bonds is 7. The number of nitrogens with zero attached hydrogens (tertiary/aromatic N) is 1. The topological polar surface area (TPSA) is 75.1 Å². The molecule has 0 aromatic heterocycles. The van der Waals surface area contributed by atoms with Crippen molar-refractivity contribution < 1.29 is 19.2 Å². The molecule has 7 heteroatoms. The molecule has 1 unspecified atom stereocenters. The molecule has 31 heavy (non-hydrogen) atoms. The molecule has 1 aliphatic heterocycles. The van der Waals surface area contributed by atoms with Crippen molar-refractivity contribution in [1.82, 2.24) is 0 Å². The maximum Gasteiger partial charge on any atom is 0.282 e. The summed E-state index contributed by atoms with van der Waals surface area (Å²) in [6, 6.07) is 13.3. The second-order valence-corrected chi connectivity index (χ2v) is 8.18. The van der Waals surface area contributed by atoms with E-state index < -0.39 is 0 Å². The Morgan fingerprint density at radius 2 is 1.74 bits per heavy atom. The first-order valence-electron chi connectivity index (χ1n) is 10.8. The van der Waals surface area contributed by atoms with Gasteiger partial charge in [-0.1, -0.05) is 12.1 Å². The van der Waals surface area contributed by atoms with Gasteiger partial charge in [-0.15, -0.1) is 0 Å². The second kappa shape index (κ2) is 10.4. The first-order chi connectivity index (χ1) is 14.8. The van der Waals surface area contributed by atoms with Crippen LogP contribution in [0, 0.1) is 13.8 Å². The highest BCUT2D eigenvalue weighted by atomic mass is 16.5. The smallest absolute Gasteiger partial charge is 0.282 e. The molecule has 1 fully saturated rings. The lowest BCUT2D eigenvalue weighted by Gasteiger charge is -2.29. The SMILES string of the molecule is Cc1cccc(NC(=O)C[NH+](C)[C@H](C)C(=O)Nc2ccc(N3CCOCC3)cc2)c1C. The average Bonchev–Trinajstić information content (AvgIpc) is 2.77. The maximum absolute atomic E-state index is 12.7. The highest BCUT2D eigenvalue weighted by Crippen LogP contribution is 2.19. The molecule has 0 spiro atoms. The number of aryl methyl sites for hydroxylation is 1. The Balaban J connectivity index is 1.51. The Bertz CT molecular complexity index is 908. The first-order valence-corrected chi connectivity index (χ1v) is 10.8. The van der Waals surface area contributed by atoms with Crippen molar-refractivity contribution in [2.75, 3.05) is 55.4 Å². The van der Waals surface area contributed by atoms with E-state index in [1.807, 2.05) is 70.3 Å². The fourth-order valence-corrected chi connectivity index (χ4v) is 3.54. The molecule has 0 aliphatic carbocycles. The van der Waals surface area contributed by atoms with Gasteiger partial charge < -0.3 is 25.2 Å². The summed E-state index contributed by atoms with van der Waals surface area (Å²) >= 11 is 0. The number of hydrogen-bond donors (Lipinski definition) is 3. The highest BCUT2D eigenvalue weighted by Gasteiger charge is 2.24. The molecule has 166 valence electrons. The molecular formula is C24H33N4O3+. The number of benzene rings is 2. The van der Waals surface area contributed by atoms with Crippen molar-refractivity contribution >= 4 is 28.9 Å². The van der Waals surface area contributed by atoms with Gasteiger partial charge in [0.25, 0.3) is 11.8 Å². The standard InChI is InChI=1S/C24H32N4O3/c1-17-6-5-7-22(18(17)2)26-23(29)16-27(4)19(3)24(30)25-20-8-10-21(11-9-20)28-12-14-31-15-13-28/h5-11,19H,12-16H2,1-4H3,(H,25,30)(H,26,29)/p+1/t19-/m1/s1. The van der Waals surface area contributed by atoms with Gasteiger partial charge in [0.15, 0.2) is 12.6 Å². The van der Waals surface area contributed by atoms with Crippen LogP contribution >= 0.6 is 0 Å². The molecule has 1 saturated heterocycles. The number of amides is 2. The first kappa shape index (κ1) is 22.8. The van der Waals surface area contributed by atoms with E-state index in [4.69, 9.17) is 4.74 Å². The number of quaternary nitrogens is 1. The number of ether oxygens (including phenoxy) is 1. The van der Waals surface area contributed by atoms with Gasteiger partial charge in [-0.2, -0.15) is 0 Å². The number of hydrogen-bond acceptors (Lipinski definition) is 4. The number of likely N-dealkylation sites (N-methyl/N-ethyl adjacent to an activating group) is 1. The predicted octanol–water partition coefficient (Wildman–Crippen LogP) is 1.62. The van der Waals surface area contributed by atoms with Gasteiger partial charge >= 0.3 is 0 Å². The van der Waals surface area contributed by atoms with E-state index >= 15 is 0 Å². The predicted molar refractivity (Wildman–Crippen MR) is 124 cm³/mol. The fourth-order valence-electron chi connectivity index (χ4n) is 3.54. The third-order valence-corrected chi connectivity index (χ3v) is 5.96. The number of morpholine rings is 1.